The van der Waals surface area contributed by atoms with E-state index in [4.69, 9.17) is 0 Å². The molecular formula is C18H21ClN2O2S. The highest BCUT2D eigenvalue weighted by Gasteiger charge is 2.25. The van der Waals surface area contributed by atoms with E-state index in [1.54, 1.807) is 30.3 Å². The second-order valence-corrected chi connectivity index (χ2v) is 6.85. The summed E-state index contributed by atoms with van der Waals surface area (Å²) in [6, 6.07) is 10.8. The Morgan fingerprint density at radius 1 is 1.17 bits per heavy atom. The van der Waals surface area contributed by atoms with Crippen LogP contribution in [0.1, 0.15) is 38.9 Å². The van der Waals surface area contributed by atoms with Crippen molar-refractivity contribution >= 4 is 35.4 Å². The Hall–Kier alpha value is -1.69. The zero-order chi connectivity index (χ0) is 16.2. The molecule has 1 saturated heterocycles. The number of ketones is 1. The lowest BCUT2D eigenvalue weighted by Gasteiger charge is -2.30. The maximum absolute atomic E-state index is 12.7. The van der Waals surface area contributed by atoms with E-state index < -0.39 is 0 Å². The largest absolute Gasteiger partial charge is 0.349 e. The van der Waals surface area contributed by atoms with Gasteiger partial charge in [0.1, 0.15) is 0 Å². The fourth-order valence-corrected chi connectivity index (χ4v) is 3.57. The molecule has 24 heavy (non-hydrogen) atoms. The first-order chi connectivity index (χ1) is 11.2. The van der Waals surface area contributed by atoms with Gasteiger partial charge in [-0.15, -0.1) is 23.7 Å². The van der Waals surface area contributed by atoms with Crippen LogP contribution in [0.2, 0.25) is 0 Å². The van der Waals surface area contributed by atoms with Crippen molar-refractivity contribution < 1.29 is 9.59 Å². The molecule has 1 aliphatic heterocycles. The molecule has 2 atom stereocenters. The third-order valence-corrected chi connectivity index (χ3v) is 5.13. The Morgan fingerprint density at radius 2 is 1.92 bits per heavy atom. The summed E-state index contributed by atoms with van der Waals surface area (Å²) in [5.74, 6) is 0.126. The van der Waals surface area contributed by atoms with Crippen LogP contribution in [0.3, 0.4) is 0 Å². The molecule has 4 nitrogen and oxygen atoms in total. The predicted molar refractivity (Wildman–Crippen MR) is 99.3 cm³/mol. The first-order valence-electron chi connectivity index (χ1n) is 7.85. The number of piperidine rings is 1. The summed E-state index contributed by atoms with van der Waals surface area (Å²) in [7, 11) is 0. The normalized spacial score (nSPS) is 20.0. The first kappa shape index (κ1) is 18.6. The number of amides is 1. The van der Waals surface area contributed by atoms with E-state index >= 15 is 0 Å². The molecule has 6 heteroatoms. The minimum Gasteiger partial charge on any atom is -0.349 e. The first-order valence-corrected chi connectivity index (χ1v) is 8.73. The Labute approximate surface area is 152 Å². The molecule has 1 aliphatic rings. The molecular weight excluding hydrogens is 344 g/mol. The van der Waals surface area contributed by atoms with Crippen LogP contribution < -0.4 is 10.6 Å². The van der Waals surface area contributed by atoms with Gasteiger partial charge >= 0.3 is 0 Å². The van der Waals surface area contributed by atoms with E-state index in [1.807, 2.05) is 11.4 Å². The maximum atomic E-state index is 12.7. The molecule has 2 N–H and O–H groups in total. The monoisotopic (exact) mass is 364 g/mol. The smallest absolute Gasteiger partial charge is 0.252 e. The van der Waals surface area contributed by atoms with Crippen LogP contribution in [0.5, 0.6) is 0 Å². The van der Waals surface area contributed by atoms with E-state index in [-0.39, 0.29) is 30.1 Å². The SMILES string of the molecule is CC1CNCCC1NC(=O)c1ccccc1C(=O)c1cccs1.Cl. The van der Waals surface area contributed by atoms with Crippen molar-refractivity contribution in [3.8, 4) is 0 Å². The van der Waals surface area contributed by atoms with Crippen LogP contribution in [0.15, 0.2) is 41.8 Å². The molecule has 2 heterocycles. The van der Waals surface area contributed by atoms with Crippen molar-refractivity contribution in [3.63, 3.8) is 0 Å². The lowest BCUT2D eigenvalue weighted by molar-refractivity contribution is 0.0906. The van der Waals surface area contributed by atoms with Gasteiger partial charge in [0.05, 0.1) is 10.4 Å². The van der Waals surface area contributed by atoms with Crippen LogP contribution in [0.4, 0.5) is 0 Å². The topological polar surface area (TPSA) is 58.2 Å². The van der Waals surface area contributed by atoms with Gasteiger partial charge in [0.25, 0.3) is 5.91 Å². The van der Waals surface area contributed by atoms with Crippen LogP contribution in [0.25, 0.3) is 0 Å². The number of thiophene rings is 1. The van der Waals surface area contributed by atoms with Gasteiger partial charge in [0.2, 0.25) is 5.78 Å². The van der Waals surface area contributed by atoms with Crippen molar-refractivity contribution in [2.75, 3.05) is 13.1 Å². The van der Waals surface area contributed by atoms with Gasteiger partial charge in [-0.25, -0.2) is 0 Å². The van der Waals surface area contributed by atoms with E-state index in [0.29, 0.717) is 21.9 Å². The molecule has 1 aromatic heterocycles. The Kier molecular flexibility index (Phi) is 6.54. The van der Waals surface area contributed by atoms with E-state index in [1.165, 1.54) is 11.3 Å². The van der Waals surface area contributed by atoms with Crippen LogP contribution in [0, 0.1) is 5.92 Å². The molecule has 0 spiro atoms. The summed E-state index contributed by atoms with van der Waals surface area (Å²) in [5.41, 5.74) is 0.922. The number of hydrogen-bond acceptors (Lipinski definition) is 4. The van der Waals surface area contributed by atoms with Crippen molar-refractivity contribution in [1.82, 2.24) is 10.6 Å². The molecule has 1 fully saturated rings. The van der Waals surface area contributed by atoms with Gasteiger partial charge in [-0.2, -0.15) is 0 Å². The zero-order valence-electron chi connectivity index (χ0n) is 13.5. The number of benzene rings is 1. The highest BCUT2D eigenvalue weighted by atomic mass is 35.5. The summed E-state index contributed by atoms with van der Waals surface area (Å²) in [6.07, 6.45) is 0.911. The molecule has 0 radical (unpaired) electrons. The van der Waals surface area contributed by atoms with Crippen molar-refractivity contribution in [3.05, 3.63) is 57.8 Å². The molecule has 0 saturated carbocycles. The summed E-state index contributed by atoms with van der Waals surface area (Å²) in [5, 5.41) is 8.29. The Bertz CT molecular complexity index is 703. The summed E-state index contributed by atoms with van der Waals surface area (Å²) < 4.78 is 0. The van der Waals surface area contributed by atoms with Gasteiger partial charge in [0, 0.05) is 11.6 Å². The molecule has 1 amide bonds. The highest BCUT2D eigenvalue weighted by Crippen LogP contribution is 2.19. The summed E-state index contributed by atoms with van der Waals surface area (Å²) in [6.45, 7) is 3.94. The van der Waals surface area contributed by atoms with Gasteiger partial charge in [0.15, 0.2) is 0 Å². The van der Waals surface area contributed by atoms with Crippen molar-refractivity contribution in [2.24, 2.45) is 5.92 Å². The number of halogens is 1. The Morgan fingerprint density at radius 3 is 2.58 bits per heavy atom. The fourth-order valence-electron chi connectivity index (χ4n) is 2.89. The molecule has 0 aliphatic carbocycles. The third-order valence-electron chi connectivity index (χ3n) is 4.26. The number of hydrogen-bond donors (Lipinski definition) is 2. The second kappa shape index (κ2) is 8.42. The van der Waals surface area contributed by atoms with E-state index in [9.17, 15) is 9.59 Å². The molecule has 1 aromatic carbocycles. The lowest BCUT2D eigenvalue weighted by Crippen LogP contribution is -2.48. The third kappa shape index (κ3) is 4.04. The number of rotatable bonds is 4. The lowest BCUT2D eigenvalue weighted by atomic mass is 9.94. The molecule has 2 unspecified atom stereocenters. The molecule has 2 aromatic rings. The van der Waals surface area contributed by atoms with Gasteiger partial charge in [-0.1, -0.05) is 31.2 Å². The number of carbonyl (C=O) groups excluding carboxylic acids is 2. The van der Waals surface area contributed by atoms with E-state index in [0.717, 1.165) is 19.5 Å². The van der Waals surface area contributed by atoms with Crippen LogP contribution in [-0.2, 0) is 0 Å². The average Bonchev–Trinajstić information content (AvgIpc) is 3.11. The summed E-state index contributed by atoms with van der Waals surface area (Å²) >= 11 is 1.39. The predicted octanol–water partition coefficient (Wildman–Crippen LogP) is 3.13. The van der Waals surface area contributed by atoms with Gasteiger partial charge < -0.3 is 10.6 Å². The zero-order valence-corrected chi connectivity index (χ0v) is 15.1. The number of carbonyl (C=O) groups is 2. The molecule has 0 bridgehead atoms. The van der Waals surface area contributed by atoms with Crippen LogP contribution >= 0.6 is 23.7 Å². The maximum Gasteiger partial charge on any atom is 0.252 e. The molecule has 128 valence electrons. The highest BCUT2D eigenvalue weighted by molar-refractivity contribution is 7.12. The quantitative estimate of drug-likeness (QED) is 0.819. The van der Waals surface area contributed by atoms with E-state index in [2.05, 4.69) is 17.6 Å². The van der Waals surface area contributed by atoms with Crippen LogP contribution in [-0.4, -0.2) is 30.8 Å². The van der Waals surface area contributed by atoms with Crippen molar-refractivity contribution in [2.45, 2.75) is 19.4 Å². The fraction of sp³-hybridized carbons (Fsp3) is 0.333. The number of nitrogens with one attached hydrogen (secondary N) is 2. The minimum absolute atomic E-state index is 0. The van der Waals surface area contributed by atoms with Gasteiger partial charge in [-0.3, -0.25) is 9.59 Å². The Balaban J connectivity index is 0.00000208. The minimum atomic E-state index is -0.163. The standard InChI is InChI=1S/C18H20N2O2S.ClH/c1-12-11-19-9-8-15(12)20-18(22)14-6-3-2-5-13(14)17(21)16-7-4-10-23-16;/h2-7,10,12,15,19H,8-9,11H2,1H3,(H,20,22);1H. The summed E-state index contributed by atoms with van der Waals surface area (Å²) in [4.78, 5) is 25.9. The van der Waals surface area contributed by atoms with Crippen molar-refractivity contribution in [1.29, 1.82) is 0 Å². The molecule has 3 rings (SSSR count). The second-order valence-electron chi connectivity index (χ2n) is 5.90. The van der Waals surface area contributed by atoms with Gasteiger partial charge in [-0.05, 0) is 42.9 Å². The average molecular weight is 365 g/mol.